The third-order valence-corrected chi connectivity index (χ3v) is 4.16. The van der Waals surface area contributed by atoms with E-state index in [1.807, 2.05) is 0 Å². The average molecular weight is 320 g/mol. The molecule has 1 amide bonds. The van der Waals surface area contributed by atoms with E-state index < -0.39 is 11.1 Å². The van der Waals surface area contributed by atoms with Gasteiger partial charge in [-0.1, -0.05) is 71.1 Å². The summed E-state index contributed by atoms with van der Waals surface area (Å²) in [5, 5.41) is 2.66. The number of carbonyl (C=O) groups excluding carboxylic acids is 1. The molecular weight excluding hydrogens is 286 g/mol. The highest BCUT2D eigenvalue weighted by Gasteiger charge is 2.01. The molecule has 0 radical (unpaired) electrons. The Morgan fingerprint density at radius 3 is 1.86 bits per heavy atom. The summed E-state index contributed by atoms with van der Waals surface area (Å²) >= 11 is -1.81. The number of nitrogens with one attached hydrogen (secondary N) is 1. The number of rotatable bonds is 15. The summed E-state index contributed by atoms with van der Waals surface area (Å²) in [5.74, 6) is 0.112. The molecule has 21 heavy (non-hydrogen) atoms. The first-order chi connectivity index (χ1) is 10.2. The SMILES string of the molecule is CCCCCCCCCCCCCC(=O)NCCS(=O)O. The van der Waals surface area contributed by atoms with Crippen LogP contribution in [-0.2, 0) is 15.9 Å². The average Bonchev–Trinajstić information content (AvgIpc) is 2.44. The van der Waals surface area contributed by atoms with Crippen molar-refractivity contribution >= 4 is 17.0 Å². The minimum atomic E-state index is -1.81. The molecule has 1 atom stereocenters. The molecule has 0 aromatic carbocycles. The van der Waals surface area contributed by atoms with E-state index in [2.05, 4.69) is 12.2 Å². The second-order valence-corrected chi connectivity index (χ2v) is 6.71. The maximum atomic E-state index is 11.4. The number of carbonyl (C=O) groups is 1. The number of unbranched alkanes of at least 4 members (excludes halogenated alkanes) is 10. The molecule has 0 aromatic rings. The van der Waals surface area contributed by atoms with Crippen molar-refractivity contribution in [1.82, 2.24) is 5.32 Å². The minimum absolute atomic E-state index is 0.00336. The van der Waals surface area contributed by atoms with Gasteiger partial charge in [-0.3, -0.25) is 4.79 Å². The van der Waals surface area contributed by atoms with E-state index in [4.69, 9.17) is 4.55 Å². The first-order valence-electron chi connectivity index (χ1n) is 8.51. The van der Waals surface area contributed by atoms with Gasteiger partial charge in [-0.25, -0.2) is 4.21 Å². The van der Waals surface area contributed by atoms with E-state index in [1.165, 1.54) is 57.8 Å². The smallest absolute Gasteiger partial charge is 0.220 e. The van der Waals surface area contributed by atoms with Crippen LogP contribution in [-0.4, -0.2) is 27.0 Å². The summed E-state index contributed by atoms with van der Waals surface area (Å²) in [5.41, 5.74) is 0. The van der Waals surface area contributed by atoms with Crippen LogP contribution in [0.3, 0.4) is 0 Å². The molecule has 0 fully saturated rings. The predicted octanol–water partition coefficient (Wildman–Crippen LogP) is 4.03. The van der Waals surface area contributed by atoms with Crippen LogP contribution < -0.4 is 5.32 Å². The maximum absolute atomic E-state index is 11.4. The lowest BCUT2D eigenvalue weighted by Gasteiger charge is -2.04. The van der Waals surface area contributed by atoms with E-state index >= 15 is 0 Å². The summed E-state index contributed by atoms with van der Waals surface area (Å²) < 4.78 is 19.0. The van der Waals surface area contributed by atoms with Crippen molar-refractivity contribution in [2.75, 3.05) is 12.3 Å². The Labute approximate surface area is 132 Å². The number of hydrogen-bond acceptors (Lipinski definition) is 2. The van der Waals surface area contributed by atoms with Crippen LogP contribution in [0.15, 0.2) is 0 Å². The van der Waals surface area contributed by atoms with Gasteiger partial charge in [0.1, 0.15) is 0 Å². The van der Waals surface area contributed by atoms with Crippen molar-refractivity contribution in [3.8, 4) is 0 Å². The molecular formula is C16H33NO3S. The quantitative estimate of drug-likeness (QED) is 0.354. The largest absolute Gasteiger partial charge is 0.355 e. The normalized spacial score (nSPS) is 12.3. The maximum Gasteiger partial charge on any atom is 0.220 e. The lowest BCUT2D eigenvalue weighted by Crippen LogP contribution is -2.27. The molecule has 126 valence electrons. The molecule has 0 saturated heterocycles. The van der Waals surface area contributed by atoms with E-state index in [9.17, 15) is 9.00 Å². The fraction of sp³-hybridized carbons (Fsp3) is 0.938. The van der Waals surface area contributed by atoms with Gasteiger partial charge in [-0.2, -0.15) is 0 Å². The van der Waals surface area contributed by atoms with Gasteiger partial charge in [0, 0.05) is 13.0 Å². The van der Waals surface area contributed by atoms with Gasteiger partial charge in [0.15, 0.2) is 11.1 Å². The zero-order chi connectivity index (χ0) is 15.8. The van der Waals surface area contributed by atoms with Gasteiger partial charge in [0.05, 0.1) is 5.75 Å². The Kier molecular flexibility index (Phi) is 15.6. The lowest BCUT2D eigenvalue weighted by atomic mass is 10.1. The van der Waals surface area contributed by atoms with Crippen molar-refractivity contribution in [1.29, 1.82) is 0 Å². The van der Waals surface area contributed by atoms with Crippen LogP contribution >= 0.6 is 0 Å². The van der Waals surface area contributed by atoms with Crippen LogP contribution in [0.25, 0.3) is 0 Å². The summed E-state index contributed by atoms with van der Waals surface area (Å²) in [6, 6.07) is 0. The summed E-state index contributed by atoms with van der Waals surface area (Å²) in [4.78, 5) is 11.4. The molecule has 2 N–H and O–H groups in total. The third kappa shape index (κ3) is 17.5. The highest BCUT2D eigenvalue weighted by atomic mass is 32.2. The topological polar surface area (TPSA) is 66.4 Å². The van der Waals surface area contributed by atoms with Crippen LogP contribution in [0.5, 0.6) is 0 Å². The lowest BCUT2D eigenvalue weighted by molar-refractivity contribution is -0.121. The Morgan fingerprint density at radius 2 is 1.38 bits per heavy atom. The molecule has 0 aliphatic rings. The molecule has 0 spiro atoms. The van der Waals surface area contributed by atoms with Crippen molar-refractivity contribution in [2.24, 2.45) is 0 Å². The molecule has 5 heteroatoms. The van der Waals surface area contributed by atoms with Gasteiger partial charge < -0.3 is 9.87 Å². The minimum Gasteiger partial charge on any atom is -0.355 e. The Bertz CT molecular complexity index is 272. The second-order valence-electron chi connectivity index (χ2n) is 5.66. The molecule has 1 unspecified atom stereocenters. The molecule has 0 saturated carbocycles. The van der Waals surface area contributed by atoms with E-state index in [-0.39, 0.29) is 11.7 Å². The Morgan fingerprint density at radius 1 is 0.905 bits per heavy atom. The first kappa shape index (κ1) is 20.6. The van der Waals surface area contributed by atoms with Crippen molar-refractivity contribution in [3.05, 3.63) is 0 Å². The molecule has 0 aromatic heterocycles. The molecule has 0 heterocycles. The van der Waals surface area contributed by atoms with Crippen molar-refractivity contribution in [3.63, 3.8) is 0 Å². The summed E-state index contributed by atoms with van der Waals surface area (Å²) in [6.07, 6.45) is 14.5. The highest BCUT2D eigenvalue weighted by Crippen LogP contribution is 2.11. The van der Waals surface area contributed by atoms with E-state index in [0.717, 1.165) is 12.8 Å². The van der Waals surface area contributed by atoms with Crippen LogP contribution in [0.4, 0.5) is 0 Å². The van der Waals surface area contributed by atoms with Crippen LogP contribution in [0, 0.1) is 0 Å². The third-order valence-electron chi connectivity index (χ3n) is 3.61. The van der Waals surface area contributed by atoms with Crippen molar-refractivity contribution < 1.29 is 13.6 Å². The fourth-order valence-corrected chi connectivity index (χ4v) is 2.59. The van der Waals surface area contributed by atoms with Gasteiger partial charge in [0.2, 0.25) is 5.91 Å². The predicted molar refractivity (Wildman–Crippen MR) is 89.7 cm³/mol. The monoisotopic (exact) mass is 319 g/mol. The standard InChI is InChI=1S/C16H33NO3S/c1-2-3-4-5-6-7-8-9-10-11-12-13-16(18)17-14-15-21(19)20/h2-15H2,1H3,(H,17,18)(H,19,20). The van der Waals surface area contributed by atoms with Gasteiger partial charge in [-0.05, 0) is 6.42 Å². The highest BCUT2D eigenvalue weighted by molar-refractivity contribution is 7.79. The summed E-state index contributed by atoms with van der Waals surface area (Å²) in [6.45, 7) is 2.54. The molecule has 0 aliphatic carbocycles. The van der Waals surface area contributed by atoms with Crippen LogP contribution in [0.1, 0.15) is 84.0 Å². The Hall–Kier alpha value is -0.420. The zero-order valence-electron chi connectivity index (χ0n) is 13.6. The van der Waals surface area contributed by atoms with Gasteiger partial charge >= 0.3 is 0 Å². The molecule has 0 rings (SSSR count). The number of amides is 1. The fourth-order valence-electron chi connectivity index (χ4n) is 2.32. The van der Waals surface area contributed by atoms with E-state index in [1.54, 1.807) is 0 Å². The Balaban J connectivity index is 3.14. The van der Waals surface area contributed by atoms with E-state index in [0.29, 0.717) is 13.0 Å². The molecule has 0 aliphatic heterocycles. The molecule has 4 nitrogen and oxygen atoms in total. The first-order valence-corrected chi connectivity index (χ1v) is 9.78. The second kappa shape index (κ2) is 16.0. The molecule has 0 bridgehead atoms. The van der Waals surface area contributed by atoms with Gasteiger partial charge in [0.25, 0.3) is 0 Å². The summed E-state index contributed by atoms with van der Waals surface area (Å²) in [7, 11) is 0. The van der Waals surface area contributed by atoms with Crippen molar-refractivity contribution in [2.45, 2.75) is 84.0 Å². The zero-order valence-corrected chi connectivity index (χ0v) is 14.4. The van der Waals surface area contributed by atoms with Gasteiger partial charge in [-0.15, -0.1) is 0 Å². The number of hydrogen-bond donors (Lipinski definition) is 2. The van der Waals surface area contributed by atoms with Crippen LogP contribution in [0.2, 0.25) is 0 Å².